The number of Topliss-reactive ketones (excluding diaryl/α,β-unsaturated/α-hetero) is 1. The molecule has 2 heterocycles. The Morgan fingerprint density at radius 1 is 1.05 bits per heavy atom. The molecule has 3 N–H and O–H groups in total. The number of benzene rings is 2. The lowest BCUT2D eigenvalue weighted by atomic mass is 9.84. The molecular weight excluding hydrogens is 522 g/mol. The lowest BCUT2D eigenvalue weighted by Crippen LogP contribution is -2.46. The smallest absolute Gasteiger partial charge is 0.294 e. The summed E-state index contributed by atoms with van der Waals surface area (Å²) in [5, 5.41) is 10.9. The first-order valence-electron chi connectivity index (χ1n) is 13.3. The summed E-state index contributed by atoms with van der Waals surface area (Å²) >= 11 is 0. The fourth-order valence-corrected chi connectivity index (χ4v) is 4.41. The third kappa shape index (κ3) is 6.19. The zero-order valence-corrected chi connectivity index (χ0v) is 24.1. The molecule has 0 radical (unpaired) electrons. The highest BCUT2D eigenvalue weighted by Gasteiger charge is 2.34. The minimum atomic E-state index is -0.964. The van der Waals surface area contributed by atoms with Crippen LogP contribution >= 0.6 is 0 Å². The lowest BCUT2D eigenvalue weighted by molar-refractivity contribution is -0.122. The van der Waals surface area contributed by atoms with Gasteiger partial charge in [-0.25, -0.2) is 4.98 Å². The first-order valence-corrected chi connectivity index (χ1v) is 13.3. The zero-order valence-electron chi connectivity index (χ0n) is 24.1. The monoisotopic (exact) mass is 557 g/mol. The van der Waals surface area contributed by atoms with E-state index in [1.54, 1.807) is 26.0 Å². The third-order valence-electron chi connectivity index (χ3n) is 6.99. The van der Waals surface area contributed by atoms with Crippen molar-refractivity contribution in [3.63, 3.8) is 0 Å². The Hall–Kier alpha value is -4.80. The van der Waals surface area contributed by atoms with Gasteiger partial charge in [0.25, 0.3) is 11.4 Å². The van der Waals surface area contributed by atoms with Crippen molar-refractivity contribution in [1.82, 2.24) is 25.1 Å². The summed E-state index contributed by atoms with van der Waals surface area (Å²) in [6.07, 6.45) is 1.44. The van der Waals surface area contributed by atoms with Gasteiger partial charge in [0, 0.05) is 19.8 Å². The maximum Gasteiger partial charge on any atom is 0.294 e. The van der Waals surface area contributed by atoms with Crippen LogP contribution in [0.3, 0.4) is 0 Å². The fraction of sp³-hybridized carbons (Fsp3) is 0.333. The molecule has 0 saturated heterocycles. The molecule has 2 aromatic heterocycles. The summed E-state index contributed by atoms with van der Waals surface area (Å²) in [6.45, 7) is 7.09. The van der Waals surface area contributed by atoms with Gasteiger partial charge in [-0.1, -0.05) is 56.3 Å². The van der Waals surface area contributed by atoms with Gasteiger partial charge in [-0.15, -0.1) is 10.2 Å². The molecule has 4 aromatic rings. The summed E-state index contributed by atoms with van der Waals surface area (Å²) in [7, 11) is 3.93. The van der Waals surface area contributed by atoms with Gasteiger partial charge < -0.3 is 20.4 Å². The number of carbonyl (C=O) groups excluding carboxylic acids is 2. The predicted octanol–water partition coefficient (Wildman–Crippen LogP) is 3.29. The van der Waals surface area contributed by atoms with Gasteiger partial charge >= 0.3 is 0 Å². The summed E-state index contributed by atoms with van der Waals surface area (Å²) in [6, 6.07) is 16.1. The second-order valence-corrected chi connectivity index (χ2v) is 10.9. The van der Waals surface area contributed by atoms with E-state index in [-0.39, 0.29) is 30.1 Å². The van der Waals surface area contributed by atoms with E-state index in [0.29, 0.717) is 11.3 Å². The van der Waals surface area contributed by atoms with Crippen molar-refractivity contribution in [2.75, 3.05) is 24.7 Å². The Morgan fingerprint density at radius 2 is 1.71 bits per heavy atom. The highest BCUT2D eigenvalue weighted by molar-refractivity contribution is 5.98. The normalized spacial score (nSPS) is 12.3. The molecule has 214 valence electrons. The Labute approximate surface area is 238 Å². The molecule has 2 aromatic carbocycles. The maximum atomic E-state index is 13.5. The average molecular weight is 558 g/mol. The predicted molar refractivity (Wildman–Crippen MR) is 157 cm³/mol. The number of ketones is 1. The maximum absolute atomic E-state index is 13.5. The summed E-state index contributed by atoms with van der Waals surface area (Å²) in [5.74, 6) is -1.53. The second kappa shape index (κ2) is 11.7. The largest absolute Gasteiger partial charge is 0.417 e. The number of rotatable bonds is 10. The van der Waals surface area contributed by atoms with Gasteiger partial charge in [-0.2, -0.15) is 0 Å². The van der Waals surface area contributed by atoms with Crippen molar-refractivity contribution in [3.05, 3.63) is 88.5 Å². The molecule has 0 fully saturated rings. The minimum Gasteiger partial charge on any atom is -0.417 e. The number of carbonyl (C=O) groups is 2. The van der Waals surface area contributed by atoms with Crippen LogP contribution in [0.25, 0.3) is 11.3 Å². The van der Waals surface area contributed by atoms with E-state index in [1.165, 1.54) is 10.8 Å². The zero-order chi connectivity index (χ0) is 29.9. The van der Waals surface area contributed by atoms with Crippen molar-refractivity contribution in [1.29, 1.82) is 0 Å². The molecular formula is C30H35N7O4. The van der Waals surface area contributed by atoms with Gasteiger partial charge in [0.05, 0.1) is 23.3 Å². The van der Waals surface area contributed by atoms with Crippen molar-refractivity contribution < 1.29 is 14.0 Å². The molecule has 0 aliphatic carbocycles. The van der Waals surface area contributed by atoms with Gasteiger partial charge in [-0.3, -0.25) is 19.0 Å². The van der Waals surface area contributed by atoms with Gasteiger partial charge in [0.15, 0.2) is 5.82 Å². The molecule has 1 unspecified atom stereocenters. The number of nitrogens with zero attached hydrogens (tertiary/aromatic N) is 5. The minimum absolute atomic E-state index is 0.202. The molecule has 11 heteroatoms. The van der Waals surface area contributed by atoms with Gasteiger partial charge in [-0.05, 0) is 43.0 Å². The van der Waals surface area contributed by atoms with Crippen molar-refractivity contribution in [3.8, 4) is 11.3 Å². The highest BCUT2D eigenvalue weighted by Crippen LogP contribution is 2.32. The molecule has 0 saturated carbocycles. The first-order chi connectivity index (χ1) is 19.4. The Balaban J connectivity index is 1.55. The SMILES string of the molecule is CC(C)C(NC(=O)Cn1c(-c2ccccc2)cnc(N)c1=O)C(=O)c1nnc(C(C)(C)c2ccc(N(C)C)cc2)o1. The number of nitrogens with one attached hydrogen (secondary N) is 1. The molecule has 1 amide bonds. The number of hydrogen-bond donors (Lipinski definition) is 2. The number of aromatic nitrogens is 4. The van der Waals surface area contributed by atoms with Gasteiger partial charge in [0.2, 0.25) is 17.6 Å². The van der Waals surface area contributed by atoms with Crippen LogP contribution in [0.5, 0.6) is 0 Å². The van der Waals surface area contributed by atoms with Crippen LogP contribution in [0.4, 0.5) is 11.5 Å². The Kier molecular flexibility index (Phi) is 8.36. The lowest BCUT2D eigenvalue weighted by Gasteiger charge is -2.22. The molecule has 0 aliphatic rings. The molecule has 4 rings (SSSR count). The van der Waals surface area contributed by atoms with Crippen LogP contribution in [0.2, 0.25) is 0 Å². The summed E-state index contributed by atoms with van der Waals surface area (Å²) < 4.78 is 7.11. The first kappa shape index (κ1) is 29.2. The van der Waals surface area contributed by atoms with E-state index < -0.39 is 28.7 Å². The quantitative estimate of drug-likeness (QED) is 0.280. The number of hydrogen-bond acceptors (Lipinski definition) is 9. The van der Waals surface area contributed by atoms with Gasteiger partial charge in [0.1, 0.15) is 6.54 Å². The molecule has 11 nitrogen and oxygen atoms in total. The van der Waals surface area contributed by atoms with Crippen LogP contribution in [-0.4, -0.2) is 51.6 Å². The molecule has 0 bridgehead atoms. The van der Waals surface area contributed by atoms with Crippen molar-refractivity contribution in [2.45, 2.75) is 45.7 Å². The van der Waals surface area contributed by atoms with E-state index in [1.807, 2.05) is 75.3 Å². The van der Waals surface area contributed by atoms with Crippen LogP contribution < -0.4 is 21.5 Å². The Bertz CT molecular complexity index is 1590. The second-order valence-electron chi connectivity index (χ2n) is 10.9. The van der Waals surface area contributed by atoms with Crippen LogP contribution in [0.15, 0.2) is 70.0 Å². The average Bonchev–Trinajstić information content (AvgIpc) is 3.46. The van der Waals surface area contributed by atoms with Crippen LogP contribution in [0.1, 0.15) is 49.8 Å². The number of anilines is 2. The molecule has 1 atom stereocenters. The van der Waals surface area contributed by atoms with Crippen molar-refractivity contribution in [2.24, 2.45) is 5.92 Å². The van der Waals surface area contributed by atoms with E-state index in [0.717, 1.165) is 11.3 Å². The standard InChI is InChI=1S/C30H35N7O4/c1-18(2)24(33-23(38)17-37-22(16-32-26(31)28(37)40)19-10-8-7-9-11-19)25(39)27-34-35-29(41-27)30(3,4)20-12-14-21(15-13-20)36(5)6/h7-16,18,24H,17H2,1-6H3,(H2,31,32)(H,33,38). The number of nitrogen functional groups attached to an aromatic ring is 1. The Morgan fingerprint density at radius 3 is 2.32 bits per heavy atom. The van der Waals surface area contributed by atoms with Crippen LogP contribution in [-0.2, 0) is 16.8 Å². The highest BCUT2D eigenvalue weighted by atomic mass is 16.4. The van der Waals surface area contributed by atoms with Crippen molar-refractivity contribution >= 4 is 23.2 Å². The summed E-state index contributed by atoms with van der Waals surface area (Å²) in [4.78, 5) is 45.4. The number of nitrogens with two attached hydrogens (primary N) is 1. The molecule has 0 aliphatic heterocycles. The van der Waals surface area contributed by atoms with E-state index >= 15 is 0 Å². The third-order valence-corrected chi connectivity index (χ3v) is 6.99. The van der Waals surface area contributed by atoms with E-state index in [4.69, 9.17) is 10.2 Å². The molecule has 0 spiro atoms. The van der Waals surface area contributed by atoms with E-state index in [2.05, 4.69) is 20.5 Å². The summed E-state index contributed by atoms with van der Waals surface area (Å²) in [5.41, 5.74) is 7.60. The van der Waals surface area contributed by atoms with Crippen LogP contribution in [0, 0.1) is 5.92 Å². The molecule has 41 heavy (non-hydrogen) atoms. The van der Waals surface area contributed by atoms with E-state index in [9.17, 15) is 14.4 Å². The number of amides is 1. The fourth-order valence-electron chi connectivity index (χ4n) is 4.41. The topological polar surface area (TPSA) is 149 Å².